The molecule has 5 N–H and O–H groups in total. The first kappa shape index (κ1) is 11.6. The van der Waals surface area contributed by atoms with Crippen molar-refractivity contribution in [3.8, 4) is 0 Å². The van der Waals surface area contributed by atoms with E-state index < -0.39 is 9.84 Å². The number of rotatable bonds is 2. The Kier molecular flexibility index (Phi) is 2.87. The van der Waals surface area contributed by atoms with Gasteiger partial charge in [-0.2, -0.15) is 0 Å². The van der Waals surface area contributed by atoms with Crippen LogP contribution in [0.2, 0.25) is 0 Å². The molecular formula is C12H13N2O2S+. The van der Waals surface area contributed by atoms with E-state index in [0.717, 1.165) is 5.69 Å². The maximum atomic E-state index is 12.2. The molecule has 0 amide bonds. The average Bonchev–Trinajstić information content (AvgIpc) is 2.30. The van der Waals surface area contributed by atoms with Gasteiger partial charge in [-0.3, -0.25) is 0 Å². The van der Waals surface area contributed by atoms with Gasteiger partial charge >= 0.3 is 0 Å². The lowest BCUT2D eigenvalue weighted by atomic mass is 10.3. The topological polar surface area (TPSA) is 87.8 Å². The lowest BCUT2D eigenvalue weighted by Gasteiger charge is -2.04. The molecule has 0 aromatic heterocycles. The second-order valence-electron chi connectivity index (χ2n) is 3.72. The molecule has 0 fully saturated rings. The molecule has 0 aliphatic heterocycles. The monoisotopic (exact) mass is 249 g/mol. The minimum atomic E-state index is -3.46. The van der Waals surface area contributed by atoms with Gasteiger partial charge in [0.15, 0.2) is 0 Å². The molecule has 0 aliphatic carbocycles. The molecule has 17 heavy (non-hydrogen) atoms. The molecule has 0 atom stereocenters. The average molecular weight is 249 g/mol. The summed E-state index contributed by atoms with van der Waals surface area (Å²) in [7, 11) is -3.46. The molecule has 0 saturated carbocycles. The van der Waals surface area contributed by atoms with Crippen molar-refractivity contribution in [2.45, 2.75) is 9.79 Å². The second-order valence-corrected chi connectivity index (χ2v) is 5.67. The third kappa shape index (κ3) is 2.30. The first-order valence-corrected chi connectivity index (χ1v) is 6.51. The highest BCUT2D eigenvalue weighted by Crippen LogP contribution is 2.21. The van der Waals surface area contributed by atoms with Gasteiger partial charge in [0.05, 0.1) is 9.79 Å². The van der Waals surface area contributed by atoms with Crippen molar-refractivity contribution < 1.29 is 14.2 Å². The van der Waals surface area contributed by atoms with Crippen LogP contribution in [0.25, 0.3) is 0 Å². The van der Waals surface area contributed by atoms with Crippen LogP contribution in [-0.4, -0.2) is 8.42 Å². The minimum Gasteiger partial charge on any atom is -0.399 e. The van der Waals surface area contributed by atoms with E-state index in [4.69, 9.17) is 5.73 Å². The molecule has 0 heterocycles. The molecule has 0 radical (unpaired) electrons. The Morgan fingerprint density at radius 3 is 1.71 bits per heavy atom. The Labute approximate surface area is 99.8 Å². The molecule has 0 aliphatic rings. The van der Waals surface area contributed by atoms with Crippen molar-refractivity contribution >= 4 is 21.2 Å². The fourth-order valence-electron chi connectivity index (χ4n) is 1.45. The van der Waals surface area contributed by atoms with Gasteiger partial charge in [0.2, 0.25) is 9.84 Å². The van der Waals surface area contributed by atoms with Gasteiger partial charge in [0, 0.05) is 17.8 Å². The summed E-state index contributed by atoms with van der Waals surface area (Å²) in [4.78, 5) is 0.498. The number of anilines is 1. The highest BCUT2D eigenvalue weighted by molar-refractivity contribution is 7.91. The number of nitrogens with two attached hydrogens (primary N) is 1. The Bertz CT molecular complexity index is 565. The standard InChI is InChI=1S/C12H12N2O2S/c13-9-1-5-11(6-2-9)17(15,16)12-7-3-10(14)4-8-12/h1-8H,13-14H2/p+1. The van der Waals surface area contributed by atoms with Crippen LogP contribution in [0.5, 0.6) is 0 Å². The van der Waals surface area contributed by atoms with E-state index in [0.29, 0.717) is 5.69 Å². The molecular weight excluding hydrogens is 236 g/mol. The smallest absolute Gasteiger partial charge is 0.206 e. The fraction of sp³-hybridized carbons (Fsp3) is 0. The Balaban J connectivity index is 2.50. The second kappa shape index (κ2) is 4.20. The normalized spacial score (nSPS) is 11.4. The number of nitrogen functional groups attached to an aromatic ring is 1. The van der Waals surface area contributed by atoms with Gasteiger partial charge in [-0.25, -0.2) is 8.42 Å². The first-order chi connectivity index (χ1) is 8.00. The number of quaternary nitrogens is 1. The molecule has 88 valence electrons. The lowest BCUT2D eigenvalue weighted by molar-refractivity contribution is -0.254. The molecule has 0 spiro atoms. The van der Waals surface area contributed by atoms with Crippen molar-refractivity contribution in [1.82, 2.24) is 0 Å². The summed E-state index contributed by atoms with van der Waals surface area (Å²) < 4.78 is 24.4. The molecule has 0 bridgehead atoms. The van der Waals surface area contributed by atoms with E-state index in [-0.39, 0.29) is 9.79 Å². The summed E-state index contributed by atoms with van der Waals surface area (Å²) in [5, 5.41) is 0. The van der Waals surface area contributed by atoms with E-state index in [1.807, 2.05) is 0 Å². The summed E-state index contributed by atoms with van der Waals surface area (Å²) in [6.45, 7) is 0. The van der Waals surface area contributed by atoms with E-state index in [1.165, 1.54) is 12.1 Å². The highest BCUT2D eigenvalue weighted by Gasteiger charge is 2.17. The molecule has 5 heteroatoms. The Hall–Kier alpha value is -1.85. The van der Waals surface area contributed by atoms with Crippen LogP contribution >= 0.6 is 0 Å². The third-order valence-electron chi connectivity index (χ3n) is 2.42. The van der Waals surface area contributed by atoms with Crippen molar-refractivity contribution in [2.24, 2.45) is 0 Å². The van der Waals surface area contributed by atoms with Crippen LogP contribution in [0.15, 0.2) is 58.3 Å². The summed E-state index contributed by atoms with van der Waals surface area (Å²) in [5.41, 5.74) is 10.6. The summed E-state index contributed by atoms with van der Waals surface area (Å²) in [6.07, 6.45) is 0. The van der Waals surface area contributed by atoms with Crippen molar-refractivity contribution in [3.63, 3.8) is 0 Å². The fourth-order valence-corrected chi connectivity index (χ4v) is 2.71. The SMILES string of the molecule is Nc1ccc(S(=O)(=O)c2ccc([NH3+])cc2)cc1. The van der Waals surface area contributed by atoms with Gasteiger partial charge < -0.3 is 11.5 Å². The molecule has 0 saturated heterocycles. The molecule has 2 aromatic carbocycles. The molecule has 4 nitrogen and oxygen atoms in total. The molecule has 2 rings (SSSR count). The maximum absolute atomic E-state index is 12.2. The van der Waals surface area contributed by atoms with Crippen LogP contribution in [-0.2, 0) is 9.84 Å². The van der Waals surface area contributed by atoms with E-state index in [9.17, 15) is 8.42 Å². The zero-order valence-electron chi connectivity index (χ0n) is 9.13. The Morgan fingerprint density at radius 2 is 1.24 bits per heavy atom. The van der Waals surface area contributed by atoms with E-state index in [1.54, 1.807) is 36.4 Å². The number of benzene rings is 2. The quantitative estimate of drug-likeness (QED) is 0.777. The van der Waals surface area contributed by atoms with Crippen LogP contribution in [0.1, 0.15) is 0 Å². The summed E-state index contributed by atoms with van der Waals surface area (Å²) in [6, 6.07) is 12.6. The highest BCUT2D eigenvalue weighted by atomic mass is 32.2. The van der Waals surface area contributed by atoms with Crippen LogP contribution < -0.4 is 11.5 Å². The van der Waals surface area contributed by atoms with E-state index in [2.05, 4.69) is 5.73 Å². The van der Waals surface area contributed by atoms with Crippen LogP contribution in [0, 0.1) is 0 Å². The maximum Gasteiger partial charge on any atom is 0.206 e. The van der Waals surface area contributed by atoms with Gasteiger partial charge in [0.25, 0.3) is 0 Å². The zero-order valence-corrected chi connectivity index (χ0v) is 9.94. The third-order valence-corrected chi connectivity index (χ3v) is 4.21. The summed E-state index contributed by atoms with van der Waals surface area (Å²) >= 11 is 0. The van der Waals surface area contributed by atoms with E-state index >= 15 is 0 Å². The van der Waals surface area contributed by atoms with Crippen LogP contribution in [0.3, 0.4) is 0 Å². The minimum absolute atomic E-state index is 0.239. The largest absolute Gasteiger partial charge is 0.399 e. The molecule has 0 unspecified atom stereocenters. The Morgan fingerprint density at radius 1 is 0.824 bits per heavy atom. The van der Waals surface area contributed by atoms with Gasteiger partial charge in [-0.15, -0.1) is 0 Å². The van der Waals surface area contributed by atoms with Crippen molar-refractivity contribution in [1.29, 1.82) is 0 Å². The predicted octanol–water partition coefficient (Wildman–Crippen LogP) is 0.975. The van der Waals surface area contributed by atoms with Crippen molar-refractivity contribution in [2.75, 3.05) is 5.73 Å². The van der Waals surface area contributed by atoms with Gasteiger partial charge in [-0.1, -0.05) is 0 Å². The number of sulfone groups is 1. The first-order valence-electron chi connectivity index (χ1n) is 5.03. The van der Waals surface area contributed by atoms with Gasteiger partial charge in [-0.05, 0) is 36.4 Å². The molecule has 2 aromatic rings. The lowest BCUT2D eigenvalue weighted by Crippen LogP contribution is -2.39. The summed E-state index contributed by atoms with van der Waals surface area (Å²) in [5.74, 6) is 0. The number of hydrogen-bond donors (Lipinski definition) is 2. The zero-order chi connectivity index (χ0) is 12.5. The van der Waals surface area contributed by atoms with Gasteiger partial charge in [0.1, 0.15) is 5.69 Å². The predicted molar refractivity (Wildman–Crippen MR) is 65.3 cm³/mol. The van der Waals surface area contributed by atoms with Crippen molar-refractivity contribution in [3.05, 3.63) is 48.5 Å². The van der Waals surface area contributed by atoms with Crippen LogP contribution in [0.4, 0.5) is 11.4 Å². The number of hydrogen-bond acceptors (Lipinski definition) is 3.